The largest absolute Gasteiger partial charge is 0.271 e. The van der Waals surface area contributed by atoms with Gasteiger partial charge < -0.3 is 0 Å². The van der Waals surface area contributed by atoms with Gasteiger partial charge in [0.05, 0.1) is 5.71 Å². The first-order valence-corrected chi connectivity index (χ1v) is 7.61. The second kappa shape index (κ2) is 6.63. The number of hydrazone groups is 1. The zero-order valence-corrected chi connectivity index (χ0v) is 13.3. The smallest absolute Gasteiger partial charge is 0.267 e. The lowest BCUT2D eigenvalue weighted by molar-refractivity contribution is 0.0955. The maximum absolute atomic E-state index is 12.1. The van der Waals surface area contributed by atoms with Crippen molar-refractivity contribution < 1.29 is 4.79 Å². The second-order valence-electron chi connectivity index (χ2n) is 5.21. The molecule has 0 saturated heterocycles. The number of halogens is 1. The normalized spacial score (nSPS) is 11.5. The average molecular weight is 323 g/mol. The lowest BCUT2D eigenvalue weighted by Gasteiger charge is -2.05. The van der Waals surface area contributed by atoms with Gasteiger partial charge in [0.1, 0.15) is 0 Å². The molecular formula is C19H15ClN2O. The molecule has 1 amide bonds. The molecule has 3 nitrogen and oxygen atoms in total. The molecule has 23 heavy (non-hydrogen) atoms. The minimum atomic E-state index is -0.285. The summed E-state index contributed by atoms with van der Waals surface area (Å²) in [6, 6.07) is 21.0. The van der Waals surface area contributed by atoms with Gasteiger partial charge in [0.2, 0.25) is 0 Å². The highest BCUT2D eigenvalue weighted by Gasteiger charge is 2.05. The zero-order valence-electron chi connectivity index (χ0n) is 12.6. The van der Waals surface area contributed by atoms with Crippen molar-refractivity contribution in [3.05, 3.63) is 82.9 Å². The van der Waals surface area contributed by atoms with E-state index in [2.05, 4.69) is 28.7 Å². The molecule has 0 fully saturated rings. The molecule has 0 unspecified atom stereocenters. The third-order valence-electron chi connectivity index (χ3n) is 3.58. The first-order valence-electron chi connectivity index (χ1n) is 7.23. The van der Waals surface area contributed by atoms with Crippen molar-refractivity contribution in [1.29, 1.82) is 0 Å². The van der Waals surface area contributed by atoms with Gasteiger partial charge in [-0.2, -0.15) is 5.10 Å². The number of hydrogen-bond acceptors (Lipinski definition) is 2. The van der Waals surface area contributed by atoms with Gasteiger partial charge in [0.15, 0.2) is 0 Å². The van der Waals surface area contributed by atoms with Crippen LogP contribution in [-0.2, 0) is 0 Å². The lowest BCUT2D eigenvalue weighted by Crippen LogP contribution is -2.19. The van der Waals surface area contributed by atoms with E-state index in [9.17, 15) is 4.79 Å². The standard InChI is InChI=1S/C19H15ClN2O/c1-13(15-10-9-14-5-2-3-6-16(14)11-15)21-22-19(23)17-7-4-8-18(20)12-17/h2-12H,1H3,(H,22,23)/b21-13-. The van der Waals surface area contributed by atoms with Crippen molar-refractivity contribution >= 4 is 34.0 Å². The predicted molar refractivity (Wildman–Crippen MR) is 95.1 cm³/mol. The molecule has 114 valence electrons. The van der Waals surface area contributed by atoms with Crippen LogP contribution in [0, 0.1) is 0 Å². The Kier molecular flexibility index (Phi) is 4.40. The predicted octanol–water partition coefficient (Wildman–Crippen LogP) is 4.65. The molecule has 4 heteroatoms. The summed E-state index contributed by atoms with van der Waals surface area (Å²) in [5.74, 6) is -0.285. The highest BCUT2D eigenvalue weighted by Crippen LogP contribution is 2.16. The summed E-state index contributed by atoms with van der Waals surface area (Å²) in [4.78, 5) is 12.1. The molecule has 0 atom stereocenters. The van der Waals surface area contributed by atoms with Gasteiger partial charge in [0.25, 0.3) is 5.91 Å². The minimum Gasteiger partial charge on any atom is -0.267 e. The highest BCUT2D eigenvalue weighted by atomic mass is 35.5. The number of amides is 1. The van der Waals surface area contributed by atoms with Gasteiger partial charge in [-0.25, -0.2) is 5.43 Å². The fraction of sp³-hybridized carbons (Fsp3) is 0.0526. The fourth-order valence-corrected chi connectivity index (χ4v) is 2.50. The molecule has 3 rings (SSSR count). The first kappa shape index (κ1) is 15.3. The minimum absolute atomic E-state index is 0.285. The first-order chi connectivity index (χ1) is 11.1. The Morgan fingerprint density at radius 1 is 0.913 bits per heavy atom. The number of hydrogen-bond donors (Lipinski definition) is 1. The molecule has 0 heterocycles. The van der Waals surface area contributed by atoms with Crippen LogP contribution in [0.25, 0.3) is 10.8 Å². The topological polar surface area (TPSA) is 41.5 Å². The summed E-state index contributed by atoms with van der Waals surface area (Å²) >= 11 is 5.89. The molecule has 0 bridgehead atoms. The monoisotopic (exact) mass is 322 g/mol. The molecule has 1 N–H and O–H groups in total. The maximum atomic E-state index is 12.1. The Labute approximate surface area is 139 Å². The third kappa shape index (κ3) is 3.58. The molecule has 0 aliphatic rings. The number of carbonyl (C=O) groups is 1. The number of carbonyl (C=O) groups excluding carboxylic acids is 1. The van der Waals surface area contributed by atoms with Gasteiger partial charge in [-0.15, -0.1) is 0 Å². The highest BCUT2D eigenvalue weighted by molar-refractivity contribution is 6.31. The van der Waals surface area contributed by atoms with E-state index in [-0.39, 0.29) is 5.91 Å². The number of fused-ring (bicyclic) bond motifs is 1. The number of nitrogens with zero attached hydrogens (tertiary/aromatic N) is 1. The number of benzene rings is 3. The molecule has 0 saturated carbocycles. The lowest BCUT2D eigenvalue weighted by atomic mass is 10.0. The fourth-order valence-electron chi connectivity index (χ4n) is 2.31. The van der Waals surface area contributed by atoms with Crippen molar-refractivity contribution in [1.82, 2.24) is 5.43 Å². The van der Waals surface area contributed by atoms with Crippen molar-refractivity contribution in [2.75, 3.05) is 0 Å². The van der Waals surface area contributed by atoms with Crippen LogP contribution in [0.1, 0.15) is 22.8 Å². The van der Waals surface area contributed by atoms with Crippen LogP contribution in [0.3, 0.4) is 0 Å². The zero-order chi connectivity index (χ0) is 16.2. The Hall–Kier alpha value is -2.65. The summed E-state index contributed by atoms with van der Waals surface area (Å²) < 4.78 is 0. The maximum Gasteiger partial charge on any atom is 0.271 e. The molecule has 0 aliphatic carbocycles. The van der Waals surface area contributed by atoms with Crippen LogP contribution >= 0.6 is 11.6 Å². The molecular weight excluding hydrogens is 308 g/mol. The van der Waals surface area contributed by atoms with E-state index >= 15 is 0 Å². The summed E-state index contributed by atoms with van der Waals surface area (Å²) in [6.07, 6.45) is 0. The summed E-state index contributed by atoms with van der Waals surface area (Å²) in [6.45, 7) is 1.86. The van der Waals surface area contributed by atoms with Crippen molar-refractivity contribution in [2.45, 2.75) is 6.92 Å². The van der Waals surface area contributed by atoms with E-state index in [1.165, 1.54) is 5.39 Å². The van der Waals surface area contributed by atoms with Crippen LogP contribution in [0.4, 0.5) is 0 Å². The molecule has 3 aromatic rings. The Morgan fingerprint density at radius 3 is 2.48 bits per heavy atom. The van der Waals surface area contributed by atoms with Crippen LogP contribution < -0.4 is 5.43 Å². The summed E-state index contributed by atoms with van der Waals surface area (Å²) in [5.41, 5.74) is 4.75. The summed E-state index contributed by atoms with van der Waals surface area (Å²) in [5, 5.41) is 7.02. The van der Waals surface area contributed by atoms with Crippen LogP contribution in [0.2, 0.25) is 5.02 Å². The third-order valence-corrected chi connectivity index (χ3v) is 3.81. The molecule has 3 aromatic carbocycles. The SMILES string of the molecule is C/C(=N/NC(=O)c1cccc(Cl)c1)c1ccc2ccccc2c1. The Balaban J connectivity index is 1.79. The van der Waals surface area contributed by atoms with Crippen molar-refractivity contribution in [2.24, 2.45) is 5.10 Å². The van der Waals surface area contributed by atoms with Gasteiger partial charge in [-0.3, -0.25) is 4.79 Å². The summed E-state index contributed by atoms with van der Waals surface area (Å²) in [7, 11) is 0. The van der Waals surface area contributed by atoms with E-state index in [0.717, 1.165) is 16.7 Å². The van der Waals surface area contributed by atoms with Crippen molar-refractivity contribution in [3.63, 3.8) is 0 Å². The number of rotatable bonds is 3. The van der Waals surface area contributed by atoms with Gasteiger partial charge in [-0.1, -0.05) is 54.1 Å². The molecule has 0 radical (unpaired) electrons. The number of nitrogens with one attached hydrogen (secondary N) is 1. The van der Waals surface area contributed by atoms with E-state index in [1.807, 2.05) is 31.2 Å². The quantitative estimate of drug-likeness (QED) is 0.553. The van der Waals surface area contributed by atoms with Crippen molar-refractivity contribution in [3.8, 4) is 0 Å². The molecule has 0 spiro atoms. The van der Waals surface area contributed by atoms with E-state index in [0.29, 0.717) is 10.6 Å². The Bertz CT molecular complexity index is 903. The van der Waals surface area contributed by atoms with E-state index < -0.39 is 0 Å². The second-order valence-corrected chi connectivity index (χ2v) is 5.65. The van der Waals surface area contributed by atoms with Crippen LogP contribution in [0.15, 0.2) is 71.8 Å². The average Bonchev–Trinajstić information content (AvgIpc) is 2.59. The van der Waals surface area contributed by atoms with Crippen LogP contribution in [0.5, 0.6) is 0 Å². The molecule has 0 aliphatic heterocycles. The van der Waals surface area contributed by atoms with Gasteiger partial charge >= 0.3 is 0 Å². The Morgan fingerprint density at radius 2 is 1.70 bits per heavy atom. The van der Waals surface area contributed by atoms with Crippen LogP contribution in [-0.4, -0.2) is 11.6 Å². The van der Waals surface area contributed by atoms with Gasteiger partial charge in [0, 0.05) is 10.6 Å². The molecule has 0 aromatic heterocycles. The van der Waals surface area contributed by atoms with E-state index in [1.54, 1.807) is 24.3 Å². The van der Waals surface area contributed by atoms with E-state index in [4.69, 9.17) is 11.6 Å². The van der Waals surface area contributed by atoms with Gasteiger partial charge in [-0.05, 0) is 47.5 Å².